The predicted octanol–water partition coefficient (Wildman–Crippen LogP) is 20.9. The summed E-state index contributed by atoms with van der Waals surface area (Å²) in [5.41, 5.74) is 0. The third-order valence-corrected chi connectivity index (χ3v) is 19.0. The van der Waals surface area contributed by atoms with Gasteiger partial charge in [0.2, 0.25) is 0 Å². The van der Waals surface area contributed by atoms with Crippen LogP contribution in [0.1, 0.15) is 375 Å². The molecule has 0 aliphatic carbocycles. The van der Waals surface area contributed by atoms with Gasteiger partial charge in [0, 0.05) is 25.7 Å². The minimum Gasteiger partial charge on any atom is -0.462 e. The summed E-state index contributed by atoms with van der Waals surface area (Å²) in [6.45, 7) is 7.24. The molecule has 0 aliphatic rings. The van der Waals surface area contributed by atoms with Crippen molar-refractivity contribution in [1.82, 2.24) is 0 Å². The van der Waals surface area contributed by atoms with Crippen LogP contribution in [-0.4, -0.2) is 96.7 Å². The molecule has 17 nitrogen and oxygen atoms in total. The van der Waals surface area contributed by atoms with Gasteiger partial charge in [0.25, 0.3) is 0 Å². The fraction of sp³-hybridized carbons (Fsp3) is 0.944. The molecule has 0 aliphatic heterocycles. The lowest BCUT2D eigenvalue weighted by atomic mass is 9.99. The topological polar surface area (TPSA) is 237 Å². The number of carbonyl (C=O) groups excluding carboxylic acids is 4. The van der Waals surface area contributed by atoms with E-state index in [1.807, 2.05) is 0 Å². The molecule has 0 amide bonds. The number of unbranched alkanes of at least 4 members (excludes halogenated alkanes) is 43. The van der Waals surface area contributed by atoms with Crippen LogP contribution in [0, 0.1) is 5.92 Å². The lowest BCUT2D eigenvalue weighted by Gasteiger charge is -2.21. The number of esters is 4. The maximum Gasteiger partial charge on any atom is 0.472 e. The Morgan fingerprint density at radius 3 is 0.780 bits per heavy atom. The second-order valence-corrected chi connectivity index (χ2v) is 29.1. The Kier molecular flexibility index (Phi) is 64.0. The highest BCUT2D eigenvalue weighted by atomic mass is 31.2. The number of aliphatic hydroxyl groups excluding tert-OH is 1. The van der Waals surface area contributed by atoms with Crippen LogP contribution in [0.4, 0.5) is 0 Å². The third-order valence-electron chi connectivity index (χ3n) is 17.1. The van der Waals surface area contributed by atoms with Gasteiger partial charge in [-0.2, -0.15) is 0 Å². The summed E-state index contributed by atoms with van der Waals surface area (Å²) in [7, 11) is -9.89. The van der Waals surface area contributed by atoms with Crippen molar-refractivity contribution in [2.24, 2.45) is 5.92 Å². The van der Waals surface area contributed by atoms with Gasteiger partial charge >= 0.3 is 39.5 Å². The highest BCUT2D eigenvalue weighted by Gasteiger charge is 2.30. The number of hydrogen-bond acceptors (Lipinski definition) is 15. The Balaban J connectivity index is 5.09. The molecule has 0 aromatic rings. The number of carbonyl (C=O) groups is 4. The highest BCUT2D eigenvalue weighted by molar-refractivity contribution is 7.47. The zero-order chi connectivity index (χ0) is 67.0. The number of rotatable bonds is 72. The lowest BCUT2D eigenvalue weighted by Crippen LogP contribution is -2.30. The number of phosphoric acid groups is 2. The van der Waals surface area contributed by atoms with Gasteiger partial charge in [-0.25, -0.2) is 9.13 Å². The SMILES string of the molecule is CCCCCCCCCCCCCCC(=O)OC[C@H](COP(=O)(O)OC[C@@H](O)COP(=O)(O)OC[C@@H](COC(=O)CCCCCCC)OC(=O)CCCCCCCCCCCCCC)OC(=O)CCCCCCCCCCCCCCCCCCCCC(C)CC. The van der Waals surface area contributed by atoms with Crippen LogP contribution < -0.4 is 0 Å². The van der Waals surface area contributed by atoms with E-state index in [1.54, 1.807) is 0 Å². The van der Waals surface area contributed by atoms with Crippen LogP contribution in [0.25, 0.3) is 0 Å². The molecule has 0 saturated carbocycles. The molecule has 0 radical (unpaired) electrons. The number of hydrogen-bond donors (Lipinski definition) is 3. The molecule has 0 saturated heterocycles. The summed E-state index contributed by atoms with van der Waals surface area (Å²) < 4.78 is 68.1. The van der Waals surface area contributed by atoms with Gasteiger partial charge < -0.3 is 33.8 Å². The largest absolute Gasteiger partial charge is 0.472 e. The Bertz CT molecular complexity index is 1760. The van der Waals surface area contributed by atoms with Crippen LogP contribution in [0.5, 0.6) is 0 Å². The summed E-state index contributed by atoms with van der Waals surface area (Å²) in [5.74, 6) is -1.26. The maximum atomic E-state index is 13.0. The number of aliphatic hydroxyl groups is 1. The fourth-order valence-electron chi connectivity index (χ4n) is 11.0. The zero-order valence-electron chi connectivity index (χ0n) is 59.0. The standard InChI is InChI=1S/C72H140O17P2/c1-6-10-13-16-18-20-22-33-37-41-46-51-56-70(75)83-62-68(89-72(77)58-53-48-43-39-35-31-29-27-25-24-26-28-30-32-36-40-45-49-54-65(5)9-4)64-87-91(80,81)85-60-66(73)59-84-90(78,79)86-63-67(61-82-69(74)55-50-44-15-12-8-3)88-71(76)57-52-47-42-38-34-23-21-19-17-14-11-7-2/h65-68,73H,6-64H2,1-5H3,(H,78,79)(H,80,81)/t65?,66-,67+,68+/m0/s1. The van der Waals surface area contributed by atoms with E-state index in [0.29, 0.717) is 25.7 Å². The molecular weight excluding hydrogens is 1200 g/mol. The van der Waals surface area contributed by atoms with Crippen molar-refractivity contribution in [2.75, 3.05) is 39.6 Å². The predicted molar refractivity (Wildman–Crippen MR) is 368 cm³/mol. The van der Waals surface area contributed by atoms with E-state index in [1.165, 1.54) is 193 Å². The van der Waals surface area contributed by atoms with Crippen molar-refractivity contribution < 1.29 is 80.2 Å². The second-order valence-electron chi connectivity index (χ2n) is 26.2. The first-order chi connectivity index (χ1) is 44.1. The molecule has 0 bridgehead atoms. The van der Waals surface area contributed by atoms with Crippen molar-refractivity contribution in [3.63, 3.8) is 0 Å². The van der Waals surface area contributed by atoms with Crippen LogP contribution in [0.2, 0.25) is 0 Å². The molecule has 19 heteroatoms. The molecule has 0 aromatic carbocycles. The minimum absolute atomic E-state index is 0.107. The van der Waals surface area contributed by atoms with Gasteiger partial charge in [-0.1, -0.05) is 324 Å². The first-order valence-electron chi connectivity index (χ1n) is 37.7. The van der Waals surface area contributed by atoms with Crippen LogP contribution >= 0.6 is 15.6 Å². The molecule has 91 heavy (non-hydrogen) atoms. The van der Waals surface area contributed by atoms with Crippen molar-refractivity contribution in [3.8, 4) is 0 Å². The normalized spacial score (nSPS) is 14.3. The van der Waals surface area contributed by atoms with Gasteiger partial charge in [-0.3, -0.25) is 37.3 Å². The molecule has 3 N–H and O–H groups in total. The minimum atomic E-state index is -4.95. The third kappa shape index (κ3) is 65.1. The summed E-state index contributed by atoms with van der Waals surface area (Å²) in [6, 6.07) is 0. The average Bonchev–Trinajstić information content (AvgIpc) is 3.66. The van der Waals surface area contributed by atoms with E-state index >= 15 is 0 Å². The van der Waals surface area contributed by atoms with Gasteiger partial charge in [0.1, 0.15) is 19.3 Å². The van der Waals surface area contributed by atoms with E-state index in [-0.39, 0.29) is 25.7 Å². The number of ether oxygens (including phenoxy) is 4. The Hall–Kier alpha value is -1.94. The van der Waals surface area contributed by atoms with Crippen LogP contribution in [0.3, 0.4) is 0 Å². The number of phosphoric ester groups is 2. The molecule has 0 heterocycles. The van der Waals surface area contributed by atoms with E-state index < -0.39 is 97.5 Å². The quantitative estimate of drug-likeness (QED) is 0.0222. The van der Waals surface area contributed by atoms with Crippen LogP contribution in [-0.2, 0) is 65.4 Å². The molecule has 3 unspecified atom stereocenters. The zero-order valence-corrected chi connectivity index (χ0v) is 60.8. The molecule has 0 fully saturated rings. The molecule has 0 spiro atoms. The molecular formula is C72H140O17P2. The van der Waals surface area contributed by atoms with Gasteiger partial charge in [-0.05, 0) is 31.6 Å². The maximum absolute atomic E-state index is 13.0. The Morgan fingerprint density at radius 2 is 0.527 bits per heavy atom. The second kappa shape index (κ2) is 65.4. The van der Waals surface area contributed by atoms with Crippen molar-refractivity contribution in [2.45, 2.75) is 393 Å². The van der Waals surface area contributed by atoms with E-state index in [4.69, 9.17) is 37.0 Å². The monoisotopic (exact) mass is 1340 g/mol. The van der Waals surface area contributed by atoms with Crippen molar-refractivity contribution >= 4 is 39.5 Å². The first-order valence-corrected chi connectivity index (χ1v) is 40.7. The van der Waals surface area contributed by atoms with E-state index in [9.17, 15) is 43.2 Å². The van der Waals surface area contributed by atoms with E-state index in [2.05, 4.69) is 34.6 Å². The Morgan fingerprint density at radius 1 is 0.308 bits per heavy atom. The lowest BCUT2D eigenvalue weighted by molar-refractivity contribution is -0.161. The Labute approximate surface area is 556 Å². The fourth-order valence-corrected chi connectivity index (χ4v) is 12.5. The summed E-state index contributed by atoms with van der Waals surface area (Å²) in [6.07, 6.45) is 53.1. The average molecular weight is 1340 g/mol. The van der Waals surface area contributed by atoms with Crippen molar-refractivity contribution in [1.29, 1.82) is 0 Å². The molecule has 540 valence electrons. The first kappa shape index (κ1) is 89.1. The van der Waals surface area contributed by atoms with Gasteiger partial charge in [-0.15, -0.1) is 0 Å². The molecule has 0 aromatic heterocycles. The smallest absolute Gasteiger partial charge is 0.462 e. The molecule has 0 rings (SSSR count). The van der Waals surface area contributed by atoms with E-state index in [0.717, 1.165) is 102 Å². The summed E-state index contributed by atoms with van der Waals surface area (Å²) >= 11 is 0. The van der Waals surface area contributed by atoms with Gasteiger partial charge in [0.15, 0.2) is 12.2 Å². The van der Waals surface area contributed by atoms with Crippen LogP contribution in [0.15, 0.2) is 0 Å². The van der Waals surface area contributed by atoms with Crippen molar-refractivity contribution in [3.05, 3.63) is 0 Å². The summed E-state index contributed by atoms with van der Waals surface area (Å²) in [5, 5.41) is 10.6. The summed E-state index contributed by atoms with van der Waals surface area (Å²) in [4.78, 5) is 72.3. The molecule has 6 atom stereocenters. The highest BCUT2D eigenvalue weighted by Crippen LogP contribution is 2.45. The van der Waals surface area contributed by atoms with Gasteiger partial charge in [0.05, 0.1) is 26.4 Å².